The highest BCUT2D eigenvalue weighted by Crippen LogP contribution is 2.38. The van der Waals surface area contributed by atoms with Gasteiger partial charge in [-0.05, 0) is 30.3 Å². The van der Waals surface area contributed by atoms with Crippen LogP contribution in [0.4, 0.5) is 5.69 Å². The second kappa shape index (κ2) is 8.11. The molecule has 2 rings (SSSR count). The standard InChI is InChI=1S/C18H19NO7/c1-23-14-8-11(9-15(24-2)16(14)25-3)17(21)19-12-6-5-10(7-13(12)20)18(22)26-4/h5-9,20H,1-4H3,(H,19,21). The van der Waals surface area contributed by atoms with E-state index in [-0.39, 0.29) is 22.6 Å². The zero-order valence-corrected chi connectivity index (χ0v) is 14.8. The fourth-order valence-electron chi connectivity index (χ4n) is 2.29. The lowest BCUT2D eigenvalue weighted by atomic mass is 10.1. The van der Waals surface area contributed by atoms with Crippen LogP contribution in [0.25, 0.3) is 0 Å². The van der Waals surface area contributed by atoms with Crippen molar-refractivity contribution in [2.75, 3.05) is 33.8 Å². The number of ether oxygens (including phenoxy) is 4. The summed E-state index contributed by atoms with van der Waals surface area (Å²) in [7, 11) is 5.58. The first-order valence-corrected chi connectivity index (χ1v) is 7.47. The monoisotopic (exact) mass is 361 g/mol. The third kappa shape index (κ3) is 3.80. The predicted molar refractivity (Wildman–Crippen MR) is 93.5 cm³/mol. The molecule has 0 spiro atoms. The van der Waals surface area contributed by atoms with Gasteiger partial charge in [-0.2, -0.15) is 0 Å². The number of hydrogen-bond acceptors (Lipinski definition) is 7. The van der Waals surface area contributed by atoms with Gasteiger partial charge in [0.1, 0.15) is 5.75 Å². The molecule has 1 amide bonds. The maximum absolute atomic E-state index is 12.5. The summed E-state index contributed by atoms with van der Waals surface area (Å²) in [5, 5.41) is 12.6. The van der Waals surface area contributed by atoms with Gasteiger partial charge in [0.2, 0.25) is 5.75 Å². The molecular weight excluding hydrogens is 342 g/mol. The van der Waals surface area contributed by atoms with Gasteiger partial charge in [0.15, 0.2) is 11.5 Å². The number of esters is 1. The Balaban J connectivity index is 2.31. The summed E-state index contributed by atoms with van der Waals surface area (Å²) in [5.74, 6) is -0.372. The van der Waals surface area contributed by atoms with Crippen LogP contribution in [0.3, 0.4) is 0 Å². The lowest BCUT2D eigenvalue weighted by Crippen LogP contribution is -2.13. The van der Waals surface area contributed by atoms with E-state index in [2.05, 4.69) is 10.1 Å². The van der Waals surface area contributed by atoms with Crippen molar-refractivity contribution < 1.29 is 33.6 Å². The minimum absolute atomic E-state index is 0.136. The van der Waals surface area contributed by atoms with Crippen LogP contribution >= 0.6 is 0 Å². The number of methoxy groups -OCH3 is 4. The highest BCUT2D eigenvalue weighted by molar-refractivity contribution is 6.06. The van der Waals surface area contributed by atoms with Crippen molar-refractivity contribution >= 4 is 17.6 Å². The van der Waals surface area contributed by atoms with Gasteiger partial charge >= 0.3 is 5.97 Å². The zero-order chi connectivity index (χ0) is 19.3. The number of benzene rings is 2. The lowest BCUT2D eigenvalue weighted by molar-refractivity contribution is 0.0600. The molecule has 0 aromatic heterocycles. The molecule has 2 aromatic carbocycles. The van der Waals surface area contributed by atoms with Crippen LogP contribution in [0.1, 0.15) is 20.7 Å². The van der Waals surface area contributed by atoms with Crippen LogP contribution < -0.4 is 19.5 Å². The summed E-state index contributed by atoms with van der Waals surface area (Å²) in [6, 6.07) is 7.00. The van der Waals surface area contributed by atoms with E-state index >= 15 is 0 Å². The molecule has 0 atom stereocenters. The fraction of sp³-hybridized carbons (Fsp3) is 0.222. The van der Waals surface area contributed by atoms with Crippen LogP contribution in [0, 0.1) is 0 Å². The maximum atomic E-state index is 12.5. The van der Waals surface area contributed by atoms with E-state index in [1.807, 2.05) is 0 Å². The molecule has 0 aliphatic carbocycles. The van der Waals surface area contributed by atoms with Crippen molar-refractivity contribution in [3.63, 3.8) is 0 Å². The first-order chi connectivity index (χ1) is 12.4. The number of carbonyl (C=O) groups excluding carboxylic acids is 2. The van der Waals surface area contributed by atoms with Crippen molar-refractivity contribution in [2.24, 2.45) is 0 Å². The second-order valence-corrected chi connectivity index (χ2v) is 5.09. The Morgan fingerprint density at radius 1 is 0.885 bits per heavy atom. The van der Waals surface area contributed by atoms with Gasteiger partial charge in [-0.15, -0.1) is 0 Å². The van der Waals surface area contributed by atoms with E-state index in [1.54, 1.807) is 0 Å². The summed E-state index contributed by atoms with van der Waals surface area (Å²) >= 11 is 0. The van der Waals surface area contributed by atoms with Gasteiger partial charge in [0.05, 0.1) is 39.7 Å². The Hall–Kier alpha value is -3.42. The molecule has 0 radical (unpaired) electrons. The van der Waals surface area contributed by atoms with Crippen molar-refractivity contribution in [1.29, 1.82) is 0 Å². The average Bonchev–Trinajstić information content (AvgIpc) is 2.67. The van der Waals surface area contributed by atoms with E-state index in [1.165, 1.54) is 58.8 Å². The third-order valence-corrected chi connectivity index (χ3v) is 3.59. The van der Waals surface area contributed by atoms with E-state index in [9.17, 15) is 14.7 Å². The van der Waals surface area contributed by atoms with Crippen molar-refractivity contribution in [3.8, 4) is 23.0 Å². The Labute approximate surface area is 150 Å². The molecule has 0 aliphatic rings. The summed E-state index contributed by atoms with van der Waals surface area (Å²) < 4.78 is 20.2. The Kier molecular flexibility index (Phi) is 5.90. The van der Waals surface area contributed by atoms with Crippen LogP contribution in [0.15, 0.2) is 30.3 Å². The summed E-state index contributed by atoms with van der Waals surface area (Å²) in [6.07, 6.45) is 0. The molecule has 8 nitrogen and oxygen atoms in total. The van der Waals surface area contributed by atoms with E-state index in [4.69, 9.17) is 14.2 Å². The Morgan fingerprint density at radius 2 is 1.50 bits per heavy atom. The largest absolute Gasteiger partial charge is 0.506 e. The minimum atomic E-state index is -0.595. The molecule has 138 valence electrons. The van der Waals surface area contributed by atoms with Crippen molar-refractivity contribution in [3.05, 3.63) is 41.5 Å². The molecule has 0 saturated heterocycles. The zero-order valence-electron chi connectivity index (χ0n) is 14.8. The fourth-order valence-corrected chi connectivity index (χ4v) is 2.29. The molecule has 0 fully saturated rings. The van der Waals surface area contributed by atoms with E-state index < -0.39 is 11.9 Å². The molecule has 2 N–H and O–H groups in total. The smallest absolute Gasteiger partial charge is 0.337 e. The normalized spacial score (nSPS) is 10.0. The highest BCUT2D eigenvalue weighted by atomic mass is 16.5. The molecule has 0 unspecified atom stereocenters. The topological polar surface area (TPSA) is 103 Å². The third-order valence-electron chi connectivity index (χ3n) is 3.59. The summed E-state index contributed by atoms with van der Waals surface area (Å²) in [4.78, 5) is 24.0. The first kappa shape index (κ1) is 18.9. The van der Waals surface area contributed by atoms with Gasteiger partial charge < -0.3 is 29.4 Å². The summed E-state index contributed by atoms with van der Waals surface area (Å²) in [6.45, 7) is 0. The van der Waals surface area contributed by atoms with Gasteiger partial charge in [-0.1, -0.05) is 0 Å². The SMILES string of the molecule is COC(=O)c1ccc(NC(=O)c2cc(OC)c(OC)c(OC)c2)c(O)c1. The van der Waals surface area contributed by atoms with Crippen LogP contribution in [0.2, 0.25) is 0 Å². The number of nitrogens with one attached hydrogen (secondary N) is 1. The number of aromatic hydroxyl groups is 1. The number of anilines is 1. The maximum Gasteiger partial charge on any atom is 0.337 e. The molecule has 0 saturated carbocycles. The number of carbonyl (C=O) groups is 2. The van der Waals surface area contributed by atoms with E-state index in [0.717, 1.165) is 0 Å². The van der Waals surface area contributed by atoms with Crippen LogP contribution in [-0.4, -0.2) is 45.4 Å². The number of rotatable bonds is 6. The van der Waals surface area contributed by atoms with Crippen molar-refractivity contribution in [2.45, 2.75) is 0 Å². The quantitative estimate of drug-likeness (QED) is 0.602. The molecule has 0 bridgehead atoms. The van der Waals surface area contributed by atoms with Gasteiger partial charge in [-0.3, -0.25) is 4.79 Å². The summed E-state index contributed by atoms with van der Waals surface area (Å²) in [5.41, 5.74) is 0.531. The average molecular weight is 361 g/mol. The van der Waals surface area contributed by atoms with Crippen LogP contribution in [-0.2, 0) is 4.74 Å². The van der Waals surface area contributed by atoms with Crippen molar-refractivity contribution in [1.82, 2.24) is 0 Å². The molecular formula is C18H19NO7. The van der Waals surface area contributed by atoms with Gasteiger partial charge in [0.25, 0.3) is 5.91 Å². The van der Waals surface area contributed by atoms with E-state index in [0.29, 0.717) is 17.2 Å². The molecule has 0 aliphatic heterocycles. The number of amides is 1. The second-order valence-electron chi connectivity index (χ2n) is 5.09. The Bertz CT molecular complexity index is 807. The number of phenols is 1. The molecule has 2 aromatic rings. The highest BCUT2D eigenvalue weighted by Gasteiger charge is 2.18. The minimum Gasteiger partial charge on any atom is -0.506 e. The first-order valence-electron chi connectivity index (χ1n) is 7.47. The molecule has 0 heterocycles. The van der Waals surface area contributed by atoms with Gasteiger partial charge in [-0.25, -0.2) is 4.79 Å². The predicted octanol–water partition coefficient (Wildman–Crippen LogP) is 2.46. The van der Waals surface area contributed by atoms with Gasteiger partial charge in [0, 0.05) is 5.56 Å². The molecule has 26 heavy (non-hydrogen) atoms. The number of phenolic OH excluding ortho intramolecular Hbond substituents is 1. The number of hydrogen-bond donors (Lipinski definition) is 2. The molecule has 8 heteroatoms. The van der Waals surface area contributed by atoms with Crippen LogP contribution in [0.5, 0.6) is 23.0 Å². The lowest BCUT2D eigenvalue weighted by Gasteiger charge is -2.14. The Morgan fingerprint density at radius 3 is 1.96 bits per heavy atom.